The van der Waals surface area contributed by atoms with Crippen LogP contribution in [-0.2, 0) is 25.8 Å². The molecule has 5 nitrogen and oxygen atoms in total. The number of fused-ring (bicyclic) bond motifs is 3. The highest BCUT2D eigenvalue weighted by Gasteiger charge is 2.68. The van der Waals surface area contributed by atoms with Crippen molar-refractivity contribution < 1.29 is 19.2 Å². The average Bonchev–Trinajstić information content (AvgIpc) is 3.23. The van der Waals surface area contributed by atoms with Gasteiger partial charge in [0, 0.05) is 31.3 Å². The fraction of sp³-hybridized carbons (Fsp3) is 0.630. The molecule has 8 atom stereocenters. The van der Waals surface area contributed by atoms with Crippen molar-refractivity contribution in [1.29, 1.82) is 0 Å². The van der Waals surface area contributed by atoms with Gasteiger partial charge in [-0.05, 0) is 67.6 Å². The predicted molar refractivity (Wildman–Crippen MR) is 120 cm³/mol. The minimum absolute atomic E-state index is 0.00502. The average molecular weight is 438 g/mol. The first kappa shape index (κ1) is 20.9. The lowest BCUT2D eigenvalue weighted by Crippen LogP contribution is -2.71. The number of hydrogen-bond acceptors (Lipinski definition) is 4. The van der Waals surface area contributed by atoms with Crippen LogP contribution in [0.5, 0.6) is 0 Å². The van der Waals surface area contributed by atoms with Crippen molar-refractivity contribution in [3.8, 4) is 0 Å². The summed E-state index contributed by atoms with van der Waals surface area (Å²) in [5.41, 5.74) is 2.03. The Hall–Kier alpha value is -1.66. The molecule has 0 amide bonds. The van der Waals surface area contributed by atoms with Crippen LogP contribution in [0.15, 0.2) is 48.8 Å². The number of rotatable bonds is 3. The van der Waals surface area contributed by atoms with E-state index in [0.717, 1.165) is 32.2 Å². The number of aromatic nitrogens is 1. The zero-order chi connectivity index (χ0) is 21.9. The second-order valence-electron chi connectivity index (χ2n) is 10.8. The largest absolute Gasteiger partial charge is 0.350 e. The molecule has 2 bridgehead atoms. The smallest absolute Gasteiger partial charge is 0.201 e. The van der Waals surface area contributed by atoms with Crippen LogP contribution < -0.4 is 0 Å². The summed E-state index contributed by atoms with van der Waals surface area (Å²) in [6.07, 6.45) is 9.48. The van der Waals surface area contributed by atoms with Gasteiger partial charge < -0.3 is 14.0 Å². The van der Waals surface area contributed by atoms with Gasteiger partial charge in [-0.2, -0.15) is 0 Å². The lowest BCUT2D eigenvalue weighted by atomic mass is 9.56. The Morgan fingerprint density at radius 1 is 1.00 bits per heavy atom. The molecule has 172 valence electrons. The lowest BCUT2D eigenvalue weighted by molar-refractivity contribution is -0.586. The topological polar surface area (TPSA) is 41.9 Å². The van der Waals surface area contributed by atoms with Crippen molar-refractivity contribution in [1.82, 2.24) is 4.57 Å². The molecule has 0 N–H and O–H groups in total. The summed E-state index contributed by atoms with van der Waals surface area (Å²) in [7, 11) is 0. The lowest BCUT2D eigenvalue weighted by Gasteiger charge is -2.63. The molecule has 5 heteroatoms. The van der Waals surface area contributed by atoms with Crippen LogP contribution in [0.4, 0.5) is 0 Å². The fourth-order valence-corrected chi connectivity index (χ4v) is 7.03. The Balaban J connectivity index is 1.32. The highest BCUT2D eigenvalue weighted by molar-refractivity contribution is 5.21. The van der Waals surface area contributed by atoms with Gasteiger partial charge in [-0.15, -0.1) is 0 Å². The number of ether oxygens (including phenoxy) is 2. The van der Waals surface area contributed by atoms with E-state index in [0.29, 0.717) is 23.7 Å². The molecule has 4 saturated heterocycles. The van der Waals surface area contributed by atoms with E-state index < -0.39 is 17.7 Å². The highest BCUT2D eigenvalue weighted by Crippen LogP contribution is 2.61. The van der Waals surface area contributed by atoms with Gasteiger partial charge in [0.05, 0.1) is 6.10 Å². The van der Waals surface area contributed by atoms with Crippen LogP contribution >= 0.6 is 0 Å². The first-order chi connectivity index (χ1) is 15.5. The maximum Gasteiger partial charge on any atom is 0.201 e. The van der Waals surface area contributed by atoms with E-state index in [-0.39, 0.29) is 6.10 Å². The summed E-state index contributed by atoms with van der Waals surface area (Å²) < 4.78 is 15.7. The van der Waals surface area contributed by atoms with Crippen molar-refractivity contribution in [2.75, 3.05) is 0 Å². The third-order valence-electron chi connectivity index (χ3n) is 8.70. The van der Waals surface area contributed by atoms with Crippen LogP contribution in [0.25, 0.3) is 0 Å². The minimum Gasteiger partial charge on any atom is -0.350 e. The molecular weight excluding hydrogens is 402 g/mol. The molecule has 32 heavy (non-hydrogen) atoms. The first-order valence-electron chi connectivity index (χ1n) is 12.4. The monoisotopic (exact) mass is 437 g/mol. The third-order valence-corrected chi connectivity index (χ3v) is 8.70. The van der Waals surface area contributed by atoms with Crippen molar-refractivity contribution in [3.05, 3.63) is 59.9 Å². The van der Waals surface area contributed by atoms with Crippen LogP contribution in [0.1, 0.15) is 70.1 Å². The molecule has 4 aliphatic heterocycles. The van der Waals surface area contributed by atoms with E-state index in [1.165, 1.54) is 17.5 Å². The van der Waals surface area contributed by atoms with Crippen LogP contribution in [0.3, 0.4) is 0 Å². The summed E-state index contributed by atoms with van der Waals surface area (Å²) in [4.78, 5) is 12.4. The zero-order valence-corrected chi connectivity index (χ0v) is 19.4. The quantitative estimate of drug-likeness (QED) is 0.565. The van der Waals surface area contributed by atoms with E-state index >= 15 is 0 Å². The zero-order valence-electron chi connectivity index (χ0n) is 19.4. The van der Waals surface area contributed by atoms with Crippen LogP contribution in [0, 0.1) is 23.7 Å². The standard InChI is InChI=1S/C27H35NO4/c1-18-11-12-23-19(2)24(21-13-15-28(17-21)16-20-8-5-4-6-9-20)29-25-27(23)22(18)10-7-14-26(3,30-25)31-32-27/h4-6,8-9,13,15,17-19,22-25H,7,10-12,14,16H2,1-3H3/t18-,19-,22+,23+,24-,25-,26+,27-/m1/s1. The Labute approximate surface area is 190 Å². The molecule has 1 spiro atoms. The van der Waals surface area contributed by atoms with Crippen molar-refractivity contribution in [3.63, 3.8) is 0 Å². The summed E-state index contributed by atoms with van der Waals surface area (Å²) in [5, 5.41) is 0. The molecule has 1 aromatic carbocycles. The minimum atomic E-state index is -0.726. The summed E-state index contributed by atoms with van der Waals surface area (Å²) in [6.45, 7) is 7.56. The number of benzene rings is 1. The fourth-order valence-electron chi connectivity index (χ4n) is 7.03. The molecule has 2 aromatic rings. The molecule has 1 saturated carbocycles. The van der Waals surface area contributed by atoms with Crippen molar-refractivity contribution in [2.45, 2.75) is 83.2 Å². The SMILES string of the molecule is C[C@H]1[C@H](c2ccn(Cc3ccccc3)c2)O[C@@H]2O[C@]3(C)CCC[C@H]4[C@H](C)CC[C@@H]1[C@@]24OO3. The van der Waals surface area contributed by atoms with E-state index in [1.807, 2.05) is 6.92 Å². The molecule has 5 aliphatic rings. The Morgan fingerprint density at radius 3 is 2.69 bits per heavy atom. The van der Waals surface area contributed by atoms with E-state index in [2.05, 4.69) is 67.2 Å². The van der Waals surface area contributed by atoms with E-state index in [9.17, 15) is 0 Å². The van der Waals surface area contributed by atoms with Crippen molar-refractivity contribution in [2.24, 2.45) is 23.7 Å². The maximum atomic E-state index is 6.82. The van der Waals surface area contributed by atoms with Gasteiger partial charge in [0.1, 0.15) is 0 Å². The second-order valence-corrected chi connectivity index (χ2v) is 10.8. The third kappa shape index (κ3) is 3.20. The Morgan fingerprint density at radius 2 is 1.84 bits per heavy atom. The van der Waals surface area contributed by atoms with Gasteiger partial charge in [0.25, 0.3) is 0 Å². The highest BCUT2D eigenvalue weighted by atomic mass is 17.3. The summed E-state index contributed by atoms with van der Waals surface area (Å²) in [6, 6.07) is 12.8. The normalized spacial score (nSPS) is 43.3. The molecule has 1 aliphatic carbocycles. The second kappa shape index (κ2) is 7.69. The molecule has 7 rings (SSSR count). The van der Waals surface area contributed by atoms with Gasteiger partial charge in [0.15, 0.2) is 11.9 Å². The first-order valence-corrected chi connectivity index (χ1v) is 12.4. The van der Waals surface area contributed by atoms with E-state index in [1.54, 1.807) is 0 Å². The molecule has 5 heterocycles. The number of nitrogens with zero attached hydrogens (tertiary/aromatic N) is 1. The van der Waals surface area contributed by atoms with Gasteiger partial charge in [-0.3, -0.25) is 0 Å². The molecule has 5 fully saturated rings. The molecule has 0 radical (unpaired) electrons. The Bertz CT molecular complexity index is 960. The Kier molecular flexibility index (Phi) is 5.03. The van der Waals surface area contributed by atoms with E-state index in [4.69, 9.17) is 19.2 Å². The van der Waals surface area contributed by atoms with Crippen LogP contribution in [-0.4, -0.2) is 22.2 Å². The van der Waals surface area contributed by atoms with Gasteiger partial charge in [-0.1, -0.05) is 44.2 Å². The summed E-state index contributed by atoms with van der Waals surface area (Å²) in [5.74, 6) is 0.943. The molecular formula is C27H35NO4. The van der Waals surface area contributed by atoms with Gasteiger partial charge in [-0.25, -0.2) is 9.78 Å². The number of hydrogen-bond donors (Lipinski definition) is 0. The maximum absolute atomic E-state index is 6.82. The summed E-state index contributed by atoms with van der Waals surface area (Å²) >= 11 is 0. The van der Waals surface area contributed by atoms with Crippen LogP contribution in [0.2, 0.25) is 0 Å². The molecule has 0 unspecified atom stereocenters. The van der Waals surface area contributed by atoms with Gasteiger partial charge >= 0.3 is 0 Å². The van der Waals surface area contributed by atoms with Crippen molar-refractivity contribution >= 4 is 0 Å². The van der Waals surface area contributed by atoms with Gasteiger partial charge in [0.2, 0.25) is 5.79 Å². The predicted octanol–water partition coefficient (Wildman–Crippen LogP) is 5.85. The molecule has 1 aromatic heterocycles.